The first-order chi connectivity index (χ1) is 11.1. The summed E-state index contributed by atoms with van der Waals surface area (Å²) in [5, 5.41) is 5.87. The van der Waals surface area contributed by atoms with Gasteiger partial charge in [0.25, 0.3) is 0 Å². The summed E-state index contributed by atoms with van der Waals surface area (Å²) in [4.78, 5) is 24.0. The van der Waals surface area contributed by atoms with E-state index in [0.29, 0.717) is 13.0 Å². The third-order valence-electron chi connectivity index (χ3n) is 4.94. The van der Waals surface area contributed by atoms with Crippen LogP contribution in [0.3, 0.4) is 0 Å². The van der Waals surface area contributed by atoms with E-state index in [4.69, 9.17) is 4.74 Å². The zero-order valence-electron chi connectivity index (χ0n) is 13.6. The molecule has 2 aliphatic rings. The lowest BCUT2D eigenvalue weighted by molar-refractivity contribution is -0.128. The third-order valence-corrected chi connectivity index (χ3v) is 4.94. The minimum absolute atomic E-state index is 0.0171. The van der Waals surface area contributed by atoms with E-state index in [-0.39, 0.29) is 23.3 Å². The van der Waals surface area contributed by atoms with Crippen LogP contribution in [-0.2, 0) is 15.0 Å². The number of hydrogen-bond acceptors (Lipinski definition) is 3. The predicted octanol–water partition coefficient (Wildman–Crippen LogP) is 1.90. The fourth-order valence-electron chi connectivity index (χ4n) is 3.22. The molecule has 2 N–H and O–H groups in total. The molecule has 1 unspecified atom stereocenters. The van der Waals surface area contributed by atoms with Crippen LogP contribution in [0.1, 0.15) is 44.1 Å². The molecule has 2 fully saturated rings. The Morgan fingerprint density at radius 3 is 2.96 bits per heavy atom. The van der Waals surface area contributed by atoms with Crippen molar-refractivity contribution in [1.82, 2.24) is 10.6 Å². The number of carbonyl (C=O) groups is 2. The summed E-state index contributed by atoms with van der Waals surface area (Å²) in [6.07, 6.45) is 5.16. The molecule has 1 aromatic carbocycles. The van der Waals surface area contributed by atoms with Gasteiger partial charge in [0.2, 0.25) is 11.8 Å². The van der Waals surface area contributed by atoms with Gasteiger partial charge in [-0.05, 0) is 43.4 Å². The molecular weight excluding hydrogens is 292 g/mol. The van der Waals surface area contributed by atoms with Gasteiger partial charge in [-0.15, -0.1) is 0 Å². The Bertz CT molecular complexity index is 596. The molecule has 1 atom stereocenters. The monoisotopic (exact) mass is 316 g/mol. The highest BCUT2D eigenvalue weighted by Crippen LogP contribution is 2.48. The standard InChI is InChI=1S/C18H24N2O3/c1-23-14-6-4-5-13(11-14)18(9-10-18)12-19-17(22)15-7-2-3-8-16(21)20-15/h4-6,11,15H,2-3,7-10,12H2,1H3,(H,19,22)(H,20,21). The molecule has 1 aromatic rings. The van der Waals surface area contributed by atoms with Crippen LogP contribution >= 0.6 is 0 Å². The van der Waals surface area contributed by atoms with Crippen molar-refractivity contribution in [3.05, 3.63) is 29.8 Å². The summed E-state index contributed by atoms with van der Waals surface area (Å²) in [7, 11) is 1.66. The average molecular weight is 316 g/mol. The van der Waals surface area contributed by atoms with Gasteiger partial charge in [0.15, 0.2) is 0 Å². The first kappa shape index (κ1) is 15.8. The van der Waals surface area contributed by atoms with Crippen molar-refractivity contribution in [2.24, 2.45) is 0 Å². The molecule has 3 rings (SSSR count). The highest BCUT2D eigenvalue weighted by molar-refractivity contribution is 5.88. The Labute approximate surface area is 136 Å². The Balaban J connectivity index is 1.60. The Morgan fingerprint density at radius 1 is 1.39 bits per heavy atom. The molecule has 5 heteroatoms. The van der Waals surface area contributed by atoms with E-state index in [1.54, 1.807) is 7.11 Å². The van der Waals surface area contributed by atoms with Crippen molar-refractivity contribution >= 4 is 11.8 Å². The van der Waals surface area contributed by atoms with Crippen LogP contribution in [0.15, 0.2) is 24.3 Å². The Morgan fingerprint density at radius 2 is 2.22 bits per heavy atom. The highest BCUT2D eigenvalue weighted by Gasteiger charge is 2.44. The predicted molar refractivity (Wildman–Crippen MR) is 87.3 cm³/mol. The van der Waals surface area contributed by atoms with Crippen LogP contribution in [-0.4, -0.2) is 31.5 Å². The van der Waals surface area contributed by atoms with Crippen molar-refractivity contribution in [2.45, 2.75) is 50.0 Å². The molecular formula is C18H24N2O3. The van der Waals surface area contributed by atoms with E-state index < -0.39 is 0 Å². The lowest BCUT2D eigenvalue weighted by Crippen LogP contribution is -2.47. The van der Waals surface area contributed by atoms with E-state index >= 15 is 0 Å². The first-order valence-corrected chi connectivity index (χ1v) is 8.35. The van der Waals surface area contributed by atoms with Crippen LogP contribution in [0, 0.1) is 0 Å². The molecule has 1 aliphatic carbocycles. The van der Waals surface area contributed by atoms with Crippen LogP contribution < -0.4 is 15.4 Å². The van der Waals surface area contributed by atoms with Crippen molar-refractivity contribution in [3.63, 3.8) is 0 Å². The first-order valence-electron chi connectivity index (χ1n) is 8.35. The molecule has 2 amide bonds. The summed E-state index contributed by atoms with van der Waals surface area (Å²) in [6, 6.07) is 7.67. The quantitative estimate of drug-likeness (QED) is 0.872. The number of benzene rings is 1. The van der Waals surface area contributed by atoms with Gasteiger partial charge in [0.1, 0.15) is 11.8 Å². The van der Waals surface area contributed by atoms with Gasteiger partial charge in [-0.1, -0.05) is 18.6 Å². The Hall–Kier alpha value is -2.04. The zero-order chi connectivity index (χ0) is 16.3. The molecule has 0 aromatic heterocycles. The molecule has 1 heterocycles. The van der Waals surface area contributed by atoms with Gasteiger partial charge in [-0.25, -0.2) is 0 Å². The minimum Gasteiger partial charge on any atom is -0.497 e. The zero-order valence-corrected chi connectivity index (χ0v) is 13.6. The third kappa shape index (κ3) is 3.66. The fraction of sp³-hybridized carbons (Fsp3) is 0.556. The molecule has 0 radical (unpaired) electrons. The smallest absolute Gasteiger partial charge is 0.242 e. The second-order valence-corrected chi connectivity index (χ2v) is 6.60. The van der Waals surface area contributed by atoms with E-state index in [1.807, 2.05) is 18.2 Å². The highest BCUT2D eigenvalue weighted by atomic mass is 16.5. The number of amides is 2. The summed E-state index contributed by atoms with van der Waals surface area (Å²) in [5.41, 5.74) is 1.24. The molecule has 23 heavy (non-hydrogen) atoms. The molecule has 1 saturated heterocycles. The van der Waals surface area contributed by atoms with Gasteiger partial charge in [-0.2, -0.15) is 0 Å². The van der Waals surface area contributed by atoms with Crippen LogP contribution in [0.2, 0.25) is 0 Å². The van der Waals surface area contributed by atoms with Crippen molar-refractivity contribution < 1.29 is 14.3 Å². The summed E-state index contributed by atoms with van der Waals surface area (Å²) >= 11 is 0. The number of hydrogen-bond donors (Lipinski definition) is 2. The molecule has 124 valence electrons. The van der Waals surface area contributed by atoms with Gasteiger partial charge >= 0.3 is 0 Å². The summed E-state index contributed by atoms with van der Waals surface area (Å²) in [6.45, 7) is 0.616. The normalized spacial score (nSPS) is 22.7. The van der Waals surface area contributed by atoms with Crippen LogP contribution in [0.5, 0.6) is 5.75 Å². The Kier molecular flexibility index (Phi) is 4.55. The lowest BCUT2D eigenvalue weighted by atomic mass is 9.95. The summed E-state index contributed by atoms with van der Waals surface area (Å²) < 4.78 is 5.29. The number of ether oxygens (including phenoxy) is 1. The number of carbonyl (C=O) groups excluding carboxylic acids is 2. The maximum absolute atomic E-state index is 12.4. The number of methoxy groups -OCH3 is 1. The maximum atomic E-state index is 12.4. The fourth-order valence-corrected chi connectivity index (χ4v) is 3.22. The average Bonchev–Trinajstić information content (AvgIpc) is 3.38. The molecule has 1 saturated carbocycles. The number of rotatable bonds is 5. The molecule has 0 bridgehead atoms. The summed E-state index contributed by atoms with van der Waals surface area (Å²) in [5.74, 6) is 0.766. The lowest BCUT2D eigenvalue weighted by Gasteiger charge is -2.20. The SMILES string of the molecule is COc1cccc(C2(CNC(=O)C3CCCCC(=O)N3)CC2)c1. The van der Waals surface area contributed by atoms with E-state index in [1.165, 1.54) is 5.56 Å². The van der Waals surface area contributed by atoms with E-state index in [9.17, 15) is 9.59 Å². The second kappa shape index (κ2) is 6.60. The van der Waals surface area contributed by atoms with Gasteiger partial charge in [0.05, 0.1) is 7.11 Å². The van der Waals surface area contributed by atoms with Gasteiger partial charge < -0.3 is 15.4 Å². The molecule has 1 aliphatic heterocycles. The van der Waals surface area contributed by atoms with Crippen molar-refractivity contribution in [1.29, 1.82) is 0 Å². The van der Waals surface area contributed by atoms with Crippen LogP contribution in [0.25, 0.3) is 0 Å². The topological polar surface area (TPSA) is 67.4 Å². The van der Waals surface area contributed by atoms with Gasteiger partial charge in [-0.3, -0.25) is 9.59 Å². The molecule has 5 nitrogen and oxygen atoms in total. The molecule has 0 spiro atoms. The van der Waals surface area contributed by atoms with Crippen molar-refractivity contribution in [3.8, 4) is 5.75 Å². The van der Waals surface area contributed by atoms with Crippen LogP contribution in [0.4, 0.5) is 0 Å². The minimum atomic E-state index is -0.383. The largest absolute Gasteiger partial charge is 0.497 e. The maximum Gasteiger partial charge on any atom is 0.242 e. The van der Waals surface area contributed by atoms with Crippen molar-refractivity contribution in [2.75, 3.05) is 13.7 Å². The van der Waals surface area contributed by atoms with E-state index in [2.05, 4.69) is 16.7 Å². The van der Waals surface area contributed by atoms with Gasteiger partial charge in [0, 0.05) is 18.4 Å². The van der Waals surface area contributed by atoms with E-state index in [0.717, 1.165) is 37.9 Å². The number of nitrogens with one attached hydrogen (secondary N) is 2. The second-order valence-electron chi connectivity index (χ2n) is 6.60.